The molecule has 0 aromatic heterocycles. The molecule has 8 nitrogen and oxygen atoms in total. The van der Waals surface area contributed by atoms with E-state index in [1.54, 1.807) is 6.08 Å². The summed E-state index contributed by atoms with van der Waals surface area (Å²) >= 11 is 0. The van der Waals surface area contributed by atoms with Crippen molar-refractivity contribution in [1.82, 2.24) is 0 Å². The van der Waals surface area contributed by atoms with Gasteiger partial charge in [0, 0.05) is 23.3 Å². The van der Waals surface area contributed by atoms with E-state index < -0.39 is 33.3 Å². The van der Waals surface area contributed by atoms with Crippen molar-refractivity contribution in [3.05, 3.63) is 11.6 Å². The lowest BCUT2D eigenvalue weighted by atomic mass is 9.42. The van der Waals surface area contributed by atoms with Gasteiger partial charge in [0.25, 0.3) is 0 Å². The van der Waals surface area contributed by atoms with Gasteiger partial charge in [-0.3, -0.25) is 0 Å². The molecule has 0 bridgehead atoms. The van der Waals surface area contributed by atoms with Gasteiger partial charge in [0.15, 0.2) is 0 Å². The molecule has 1 spiro atoms. The number of rotatable bonds is 1. The second-order valence-corrected chi connectivity index (χ2v) is 12.6. The lowest BCUT2D eigenvalue weighted by Crippen LogP contribution is -2.73. The molecule has 0 radical (unpaired) electrons. The molecule has 0 aromatic carbocycles. The molecular formula is C23H32O8S. The molecule has 5 fully saturated rings. The van der Waals surface area contributed by atoms with Crippen LogP contribution in [0.4, 0.5) is 0 Å². The highest BCUT2D eigenvalue weighted by Gasteiger charge is 2.76. The van der Waals surface area contributed by atoms with Crippen molar-refractivity contribution in [2.75, 3.05) is 6.61 Å². The van der Waals surface area contributed by atoms with Gasteiger partial charge < -0.3 is 14.9 Å². The Balaban J connectivity index is 1.38. The van der Waals surface area contributed by atoms with Crippen molar-refractivity contribution in [3.63, 3.8) is 0 Å². The van der Waals surface area contributed by atoms with Crippen LogP contribution < -0.4 is 0 Å². The summed E-state index contributed by atoms with van der Waals surface area (Å²) in [6, 6.07) is 0. The minimum atomic E-state index is -4.04. The van der Waals surface area contributed by atoms with Crippen LogP contribution in [0.3, 0.4) is 0 Å². The monoisotopic (exact) mass is 468 g/mol. The zero-order valence-electron chi connectivity index (χ0n) is 18.6. The lowest BCUT2D eigenvalue weighted by Gasteiger charge is -2.68. The fraction of sp³-hybridized carbons (Fsp3) is 0.870. The molecule has 9 heteroatoms. The van der Waals surface area contributed by atoms with E-state index in [0.29, 0.717) is 19.4 Å². The molecule has 4 saturated carbocycles. The van der Waals surface area contributed by atoms with Gasteiger partial charge >= 0.3 is 16.4 Å². The normalized spacial score (nSPS) is 52.9. The predicted molar refractivity (Wildman–Crippen MR) is 111 cm³/mol. The van der Waals surface area contributed by atoms with Gasteiger partial charge in [-0.1, -0.05) is 13.8 Å². The minimum absolute atomic E-state index is 0.0197. The van der Waals surface area contributed by atoms with Crippen LogP contribution in [0.1, 0.15) is 65.2 Å². The number of esters is 1. The van der Waals surface area contributed by atoms with Crippen LogP contribution in [0, 0.1) is 34.5 Å². The zero-order valence-corrected chi connectivity index (χ0v) is 19.4. The zero-order chi connectivity index (χ0) is 22.7. The van der Waals surface area contributed by atoms with Crippen molar-refractivity contribution in [3.8, 4) is 0 Å². The largest absolute Gasteiger partial charge is 0.458 e. The molecule has 4 aliphatic carbocycles. The average molecular weight is 469 g/mol. The number of carbonyl (C=O) groups excluding carboxylic acids is 1. The van der Waals surface area contributed by atoms with Crippen LogP contribution in [0.5, 0.6) is 0 Å². The maximum Gasteiger partial charge on any atom is 0.405 e. The summed E-state index contributed by atoms with van der Waals surface area (Å²) in [5.41, 5.74) is -0.908. The summed E-state index contributed by atoms with van der Waals surface area (Å²) in [4.78, 5) is 11.7. The summed E-state index contributed by atoms with van der Waals surface area (Å²) < 4.78 is 40.0. The maximum atomic E-state index is 12.3. The van der Waals surface area contributed by atoms with E-state index in [4.69, 9.17) is 13.1 Å². The van der Waals surface area contributed by atoms with Gasteiger partial charge in [0.1, 0.15) is 6.61 Å². The Morgan fingerprint density at radius 3 is 2.47 bits per heavy atom. The smallest absolute Gasteiger partial charge is 0.405 e. The van der Waals surface area contributed by atoms with E-state index in [1.165, 1.54) is 0 Å². The van der Waals surface area contributed by atoms with E-state index in [2.05, 4.69) is 13.8 Å². The first-order chi connectivity index (χ1) is 14.9. The first kappa shape index (κ1) is 21.5. The highest BCUT2D eigenvalue weighted by Crippen LogP contribution is 2.73. The van der Waals surface area contributed by atoms with Crippen molar-refractivity contribution in [2.45, 2.75) is 82.7 Å². The minimum Gasteiger partial charge on any atom is -0.458 e. The highest BCUT2D eigenvalue weighted by atomic mass is 32.3. The van der Waals surface area contributed by atoms with Gasteiger partial charge in [0.05, 0.1) is 11.7 Å². The molecular weight excluding hydrogens is 436 g/mol. The van der Waals surface area contributed by atoms with Crippen molar-refractivity contribution in [1.29, 1.82) is 0 Å². The Kier molecular flexibility index (Phi) is 4.28. The van der Waals surface area contributed by atoms with Crippen LogP contribution in [0.25, 0.3) is 0 Å². The first-order valence-electron chi connectivity index (χ1n) is 11.9. The Labute approximate surface area is 188 Å². The number of hydrogen-bond acceptors (Lipinski definition) is 8. The molecule has 0 aromatic rings. The molecule has 2 N–H and O–H groups in total. The van der Waals surface area contributed by atoms with Gasteiger partial charge in [-0.2, -0.15) is 8.42 Å². The Hall–Kier alpha value is -1.00. The quantitative estimate of drug-likeness (QED) is 0.562. The summed E-state index contributed by atoms with van der Waals surface area (Å²) in [6.07, 6.45) is 6.33. The molecule has 6 aliphatic rings. The number of hydrogen-bond donors (Lipinski definition) is 2. The summed E-state index contributed by atoms with van der Waals surface area (Å²) in [5.74, 6) is -1.48. The number of carbonyl (C=O) groups is 1. The molecule has 2 heterocycles. The second-order valence-electron chi connectivity index (χ2n) is 11.5. The lowest BCUT2D eigenvalue weighted by molar-refractivity contribution is -0.344. The third-order valence-corrected chi connectivity index (χ3v) is 11.5. The highest BCUT2D eigenvalue weighted by molar-refractivity contribution is 7.82. The number of ether oxygens (including phenoxy) is 1. The average Bonchev–Trinajstić information content (AvgIpc) is 3.22. The first-order valence-corrected chi connectivity index (χ1v) is 13.2. The molecule has 32 heavy (non-hydrogen) atoms. The second kappa shape index (κ2) is 6.36. The van der Waals surface area contributed by atoms with Crippen LogP contribution in [0.2, 0.25) is 0 Å². The molecule has 178 valence electrons. The van der Waals surface area contributed by atoms with Gasteiger partial charge in [-0.25, -0.2) is 13.2 Å². The van der Waals surface area contributed by atoms with E-state index in [1.807, 2.05) is 0 Å². The van der Waals surface area contributed by atoms with E-state index in [-0.39, 0.29) is 41.5 Å². The Bertz CT molecular complexity index is 993. The third kappa shape index (κ3) is 2.47. The van der Waals surface area contributed by atoms with E-state index in [9.17, 15) is 23.4 Å². The SMILES string of the molecule is C[C@]12[C@H](CC[C@@H]3[C@@H]1CC[C@]1(C)[C@@H](C4=CC(=O)OC4)CC[C@]31O)C[C@H](O)CC21OS(=O)(=O)O1. The molecule has 8 atom stereocenters. The number of fused-ring (bicyclic) bond motifs is 6. The molecule has 0 amide bonds. The van der Waals surface area contributed by atoms with Gasteiger partial charge in [0.2, 0.25) is 5.79 Å². The van der Waals surface area contributed by atoms with E-state index >= 15 is 0 Å². The number of cyclic esters (lactones) is 1. The molecule has 1 saturated heterocycles. The fourth-order valence-electron chi connectivity index (χ4n) is 9.07. The van der Waals surface area contributed by atoms with Gasteiger partial charge in [-0.05, 0) is 74.2 Å². The maximum absolute atomic E-state index is 12.3. The summed E-state index contributed by atoms with van der Waals surface area (Å²) in [7, 11) is -4.04. The standard InChI is InChI=1S/C23H32O8S/c1-20-7-5-17-18(22(20,26)8-6-16(20)13-9-19(25)29-12-13)4-3-14-10-15(24)11-23(21(14,17)2)30-32(27,28)31-23/h9,14-18,24,26H,3-8,10-12H2,1-2H3/t14-,15+,16-,17+,18-,20-,21+,22+/m1/s1. The Morgan fingerprint density at radius 2 is 1.81 bits per heavy atom. The number of aliphatic hydroxyl groups is 2. The summed E-state index contributed by atoms with van der Waals surface area (Å²) in [6.45, 7) is 4.52. The van der Waals surface area contributed by atoms with Crippen molar-refractivity contribution in [2.24, 2.45) is 34.5 Å². The third-order valence-electron chi connectivity index (χ3n) is 10.6. The Morgan fingerprint density at radius 1 is 1.06 bits per heavy atom. The molecule has 0 unspecified atom stereocenters. The van der Waals surface area contributed by atoms with Crippen LogP contribution in [-0.2, 0) is 28.3 Å². The molecule has 2 aliphatic heterocycles. The predicted octanol–water partition coefficient (Wildman–Crippen LogP) is 2.20. The van der Waals surface area contributed by atoms with Crippen LogP contribution >= 0.6 is 0 Å². The van der Waals surface area contributed by atoms with Crippen molar-refractivity contribution < 1.29 is 36.5 Å². The van der Waals surface area contributed by atoms with Crippen LogP contribution in [-0.4, -0.2) is 48.7 Å². The summed E-state index contributed by atoms with van der Waals surface area (Å²) in [5, 5.41) is 22.8. The van der Waals surface area contributed by atoms with Crippen molar-refractivity contribution >= 4 is 16.4 Å². The topological polar surface area (TPSA) is 119 Å². The van der Waals surface area contributed by atoms with Gasteiger partial charge in [-0.15, -0.1) is 0 Å². The van der Waals surface area contributed by atoms with E-state index in [0.717, 1.165) is 37.7 Å². The molecule has 6 rings (SSSR count). The van der Waals surface area contributed by atoms with Crippen LogP contribution in [0.15, 0.2) is 11.6 Å². The number of aliphatic hydroxyl groups excluding tert-OH is 1. The fourth-order valence-corrected chi connectivity index (χ4v) is 10.2.